The molecule has 1 aliphatic carbocycles. The molecule has 0 heterocycles. The fourth-order valence-corrected chi connectivity index (χ4v) is 3.23. The van der Waals surface area contributed by atoms with Gasteiger partial charge in [0.2, 0.25) is 0 Å². The van der Waals surface area contributed by atoms with Crippen molar-refractivity contribution >= 4 is 5.96 Å². The number of aliphatic hydroxyl groups excluding tert-OH is 1. The molecule has 1 atom stereocenters. The molecule has 1 aromatic carbocycles. The first-order valence-electron chi connectivity index (χ1n) is 10.2. The van der Waals surface area contributed by atoms with Crippen LogP contribution in [0.4, 0.5) is 0 Å². The van der Waals surface area contributed by atoms with Crippen molar-refractivity contribution in [1.29, 1.82) is 0 Å². The van der Waals surface area contributed by atoms with Crippen LogP contribution >= 0.6 is 0 Å². The summed E-state index contributed by atoms with van der Waals surface area (Å²) in [6.45, 7) is 4.68. The van der Waals surface area contributed by atoms with E-state index < -0.39 is 6.10 Å². The van der Waals surface area contributed by atoms with Crippen LogP contribution in [-0.2, 0) is 4.74 Å². The zero-order valence-corrected chi connectivity index (χ0v) is 16.7. The Hall–Kier alpha value is -1.79. The van der Waals surface area contributed by atoms with E-state index in [1.807, 2.05) is 31.2 Å². The average molecular weight is 378 g/mol. The van der Waals surface area contributed by atoms with Gasteiger partial charge in [-0.1, -0.05) is 31.4 Å². The molecule has 27 heavy (non-hydrogen) atoms. The van der Waals surface area contributed by atoms with Crippen LogP contribution < -0.4 is 15.4 Å². The number of nitrogens with one attached hydrogen (secondary N) is 2. The molecule has 6 heteroatoms. The second-order valence-corrected chi connectivity index (χ2v) is 6.92. The summed E-state index contributed by atoms with van der Waals surface area (Å²) in [6, 6.07) is 7.45. The monoisotopic (exact) mass is 377 g/mol. The van der Waals surface area contributed by atoms with E-state index in [-0.39, 0.29) is 0 Å². The third kappa shape index (κ3) is 8.18. The van der Waals surface area contributed by atoms with E-state index in [0.717, 1.165) is 43.4 Å². The predicted molar refractivity (Wildman–Crippen MR) is 109 cm³/mol. The van der Waals surface area contributed by atoms with Gasteiger partial charge in [-0.25, -0.2) is 0 Å². The highest BCUT2D eigenvalue weighted by Crippen LogP contribution is 2.20. The summed E-state index contributed by atoms with van der Waals surface area (Å²) < 4.78 is 11.2. The zero-order chi connectivity index (χ0) is 19.3. The minimum atomic E-state index is -0.662. The molecular formula is C21H35N3O3. The Bertz CT molecular complexity index is 559. The molecule has 0 aromatic heterocycles. The van der Waals surface area contributed by atoms with Crippen LogP contribution in [0.1, 0.15) is 57.1 Å². The van der Waals surface area contributed by atoms with Gasteiger partial charge < -0.3 is 25.2 Å². The maximum absolute atomic E-state index is 10.4. The lowest BCUT2D eigenvalue weighted by Gasteiger charge is -2.22. The highest BCUT2D eigenvalue weighted by Gasteiger charge is 2.13. The first-order valence-corrected chi connectivity index (χ1v) is 10.2. The van der Waals surface area contributed by atoms with Crippen molar-refractivity contribution < 1.29 is 14.6 Å². The predicted octanol–water partition coefficient (Wildman–Crippen LogP) is 3.02. The van der Waals surface area contributed by atoms with Gasteiger partial charge in [0.1, 0.15) is 5.75 Å². The quantitative estimate of drug-likeness (QED) is 0.332. The molecule has 0 amide bonds. The van der Waals surface area contributed by atoms with E-state index in [2.05, 4.69) is 15.6 Å². The Morgan fingerprint density at radius 1 is 1.26 bits per heavy atom. The van der Waals surface area contributed by atoms with E-state index >= 15 is 0 Å². The fourth-order valence-electron chi connectivity index (χ4n) is 3.23. The molecule has 1 aromatic rings. The summed E-state index contributed by atoms with van der Waals surface area (Å²) in [7, 11) is 1.62. The summed E-state index contributed by atoms with van der Waals surface area (Å²) in [6.07, 6.45) is 7.11. The van der Waals surface area contributed by atoms with Crippen LogP contribution in [0.15, 0.2) is 29.3 Å². The highest BCUT2D eigenvalue weighted by atomic mass is 16.5. The van der Waals surface area contributed by atoms with E-state index in [1.165, 1.54) is 32.1 Å². The smallest absolute Gasteiger partial charge is 0.191 e. The fraction of sp³-hybridized carbons (Fsp3) is 0.667. The van der Waals surface area contributed by atoms with Gasteiger partial charge in [0.25, 0.3) is 0 Å². The Kier molecular flexibility index (Phi) is 10.0. The van der Waals surface area contributed by atoms with Crippen LogP contribution in [0, 0.1) is 0 Å². The van der Waals surface area contributed by atoms with Crippen molar-refractivity contribution in [2.75, 3.05) is 33.4 Å². The maximum atomic E-state index is 10.4. The summed E-state index contributed by atoms with van der Waals surface area (Å²) in [4.78, 5) is 4.50. The van der Waals surface area contributed by atoms with Crippen LogP contribution in [0.25, 0.3) is 0 Å². The Morgan fingerprint density at radius 2 is 2.07 bits per heavy atom. The third-order valence-electron chi connectivity index (χ3n) is 4.76. The molecule has 1 aliphatic rings. The Labute approximate surface area is 163 Å². The van der Waals surface area contributed by atoms with E-state index in [1.54, 1.807) is 7.11 Å². The lowest BCUT2D eigenvalue weighted by molar-refractivity contribution is 0.0277. The largest absolute Gasteiger partial charge is 0.497 e. The number of aliphatic imine (C=N–C) groups is 1. The van der Waals surface area contributed by atoms with Crippen LogP contribution in [-0.4, -0.2) is 50.5 Å². The molecule has 1 saturated carbocycles. The molecule has 1 unspecified atom stereocenters. The minimum absolute atomic E-state index is 0.293. The van der Waals surface area contributed by atoms with Crippen molar-refractivity contribution in [3.05, 3.63) is 29.8 Å². The first-order chi connectivity index (χ1) is 13.2. The lowest BCUT2D eigenvalue weighted by atomic mass is 9.98. The molecule has 2 rings (SSSR count). The molecule has 152 valence electrons. The number of nitrogens with zero attached hydrogens (tertiary/aromatic N) is 1. The number of hydrogen-bond donors (Lipinski definition) is 3. The molecule has 1 fully saturated rings. The molecule has 6 nitrogen and oxygen atoms in total. The van der Waals surface area contributed by atoms with E-state index in [4.69, 9.17) is 9.47 Å². The summed E-state index contributed by atoms with van der Waals surface area (Å²) in [5.74, 6) is 1.45. The molecule has 0 bridgehead atoms. The van der Waals surface area contributed by atoms with Crippen LogP contribution in [0.5, 0.6) is 5.75 Å². The van der Waals surface area contributed by atoms with Crippen molar-refractivity contribution in [1.82, 2.24) is 10.6 Å². The van der Waals surface area contributed by atoms with Crippen molar-refractivity contribution in [2.45, 2.75) is 57.7 Å². The number of rotatable bonds is 10. The van der Waals surface area contributed by atoms with E-state index in [9.17, 15) is 5.11 Å². The summed E-state index contributed by atoms with van der Waals surface area (Å²) in [5.41, 5.74) is 0.801. The second kappa shape index (κ2) is 12.6. The van der Waals surface area contributed by atoms with Crippen molar-refractivity contribution in [3.8, 4) is 5.75 Å². The number of aliphatic hydroxyl groups is 1. The van der Waals surface area contributed by atoms with E-state index in [0.29, 0.717) is 12.6 Å². The Balaban J connectivity index is 1.72. The van der Waals surface area contributed by atoms with Gasteiger partial charge in [-0.2, -0.15) is 0 Å². The van der Waals surface area contributed by atoms with Gasteiger partial charge in [-0.05, 0) is 43.9 Å². The topological polar surface area (TPSA) is 75.1 Å². The lowest BCUT2D eigenvalue weighted by Crippen LogP contribution is -2.38. The molecule has 0 aliphatic heterocycles. The van der Waals surface area contributed by atoms with Gasteiger partial charge in [0.15, 0.2) is 5.96 Å². The highest BCUT2D eigenvalue weighted by molar-refractivity contribution is 5.79. The van der Waals surface area contributed by atoms with Gasteiger partial charge in [-0.15, -0.1) is 0 Å². The Morgan fingerprint density at radius 3 is 2.81 bits per heavy atom. The zero-order valence-electron chi connectivity index (χ0n) is 16.7. The molecular weight excluding hydrogens is 342 g/mol. The van der Waals surface area contributed by atoms with Crippen molar-refractivity contribution in [3.63, 3.8) is 0 Å². The normalized spacial score (nSPS) is 16.8. The van der Waals surface area contributed by atoms with Gasteiger partial charge in [0, 0.05) is 19.7 Å². The average Bonchev–Trinajstić information content (AvgIpc) is 2.72. The van der Waals surface area contributed by atoms with Gasteiger partial charge >= 0.3 is 0 Å². The van der Waals surface area contributed by atoms with Gasteiger partial charge in [-0.3, -0.25) is 4.99 Å². The number of guanidine groups is 1. The third-order valence-corrected chi connectivity index (χ3v) is 4.76. The standard InChI is InChI=1S/C21H35N3O3/c1-3-22-21(23-13-8-14-27-18-10-5-4-6-11-18)24-16-20(25)17-9-7-12-19(15-17)26-2/h7,9,12,15,18,20,25H,3-6,8,10-11,13-14,16H2,1-2H3,(H2,22,23,24). The van der Waals surface area contributed by atoms with Crippen LogP contribution in [0.2, 0.25) is 0 Å². The summed E-state index contributed by atoms with van der Waals surface area (Å²) >= 11 is 0. The number of hydrogen-bond acceptors (Lipinski definition) is 4. The molecule has 0 radical (unpaired) electrons. The number of ether oxygens (including phenoxy) is 2. The number of benzene rings is 1. The first kappa shape index (κ1) is 21.5. The molecule has 3 N–H and O–H groups in total. The van der Waals surface area contributed by atoms with Crippen LogP contribution in [0.3, 0.4) is 0 Å². The van der Waals surface area contributed by atoms with Gasteiger partial charge in [0.05, 0.1) is 25.9 Å². The maximum Gasteiger partial charge on any atom is 0.191 e. The SMILES string of the molecule is CCNC(=NCC(O)c1cccc(OC)c1)NCCCOC1CCCCC1. The summed E-state index contributed by atoms with van der Waals surface area (Å²) in [5, 5.41) is 16.9. The molecule has 0 saturated heterocycles. The second-order valence-electron chi connectivity index (χ2n) is 6.92. The minimum Gasteiger partial charge on any atom is -0.497 e. The molecule has 0 spiro atoms. The number of methoxy groups -OCH3 is 1. The van der Waals surface area contributed by atoms with Crippen molar-refractivity contribution in [2.24, 2.45) is 4.99 Å².